The van der Waals surface area contributed by atoms with E-state index in [1.807, 2.05) is 7.05 Å². The average Bonchev–Trinajstić information content (AvgIpc) is 3.26. The van der Waals surface area contributed by atoms with Crippen molar-refractivity contribution in [1.29, 1.82) is 0 Å². The van der Waals surface area contributed by atoms with Crippen molar-refractivity contribution < 1.29 is 31.1 Å². The van der Waals surface area contributed by atoms with E-state index in [1.54, 1.807) is 0 Å². The molecule has 1 atom stereocenters. The van der Waals surface area contributed by atoms with E-state index in [9.17, 15) is 26.4 Å². The fourth-order valence-electron chi connectivity index (χ4n) is 4.62. The standard InChI is InChI=1S/C27H30F3N5O4S/c1-34-11-5-7-19(15-34)33-26(36)21-12-18(13-23-25(21)32-17-35(23)16-27(28,29)30)6-4-10-31-22-14-20(40(3,37)38)8-9-24(22)39-2/h8-9,12-14,17,19,31H,5,7,10-11,15-16H2,1-3H3,(H,33,36)/t19-/m0/s1. The summed E-state index contributed by atoms with van der Waals surface area (Å²) in [4.78, 5) is 19.6. The summed E-state index contributed by atoms with van der Waals surface area (Å²) in [6.07, 6.45) is -0.584. The molecule has 2 heterocycles. The highest BCUT2D eigenvalue weighted by Gasteiger charge is 2.29. The molecule has 0 aliphatic carbocycles. The number of alkyl halides is 3. The number of halogens is 3. The van der Waals surface area contributed by atoms with Gasteiger partial charge in [0.25, 0.3) is 5.91 Å². The number of ether oxygens (including phenoxy) is 1. The lowest BCUT2D eigenvalue weighted by molar-refractivity contribution is -0.139. The summed E-state index contributed by atoms with van der Waals surface area (Å²) < 4.78 is 69.7. The van der Waals surface area contributed by atoms with Crippen LogP contribution in [0.15, 0.2) is 41.6 Å². The number of aromatic nitrogens is 2. The zero-order valence-corrected chi connectivity index (χ0v) is 23.1. The molecule has 9 nitrogen and oxygen atoms in total. The number of methoxy groups -OCH3 is 1. The first-order valence-corrected chi connectivity index (χ1v) is 14.4. The highest BCUT2D eigenvalue weighted by atomic mass is 32.2. The largest absolute Gasteiger partial charge is 0.495 e. The number of sulfone groups is 1. The van der Waals surface area contributed by atoms with Crippen LogP contribution in [-0.4, -0.2) is 81.0 Å². The van der Waals surface area contributed by atoms with Crippen molar-refractivity contribution in [2.24, 2.45) is 0 Å². The first-order chi connectivity index (χ1) is 18.8. The Kier molecular flexibility index (Phi) is 8.60. The van der Waals surface area contributed by atoms with Gasteiger partial charge in [-0.1, -0.05) is 11.8 Å². The molecule has 3 aromatic rings. The highest BCUT2D eigenvalue weighted by Crippen LogP contribution is 2.28. The van der Waals surface area contributed by atoms with Gasteiger partial charge in [-0.3, -0.25) is 4.79 Å². The van der Waals surface area contributed by atoms with Gasteiger partial charge < -0.3 is 24.8 Å². The minimum atomic E-state index is -4.48. The van der Waals surface area contributed by atoms with Crippen LogP contribution in [0.5, 0.6) is 5.75 Å². The molecular formula is C27H30F3N5O4S. The molecule has 2 N–H and O–H groups in total. The molecule has 214 valence electrons. The van der Waals surface area contributed by atoms with Crippen molar-refractivity contribution in [3.8, 4) is 17.6 Å². The zero-order chi connectivity index (χ0) is 29.1. The molecule has 40 heavy (non-hydrogen) atoms. The molecule has 13 heteroatoms. The number of benzene rings is 2. The van der Waals surface area contributed by atoms with Gasteiger partial charge in [0.05, 0.1) is 41.6 Å². The van der Waals surface area contributed by atoms with Crippen LogP contribution in [0.3, 0.4) is 0 Å². The normalized spacial score (nSPS) is 16.3. The second-order valence-corrected chi connectivity index (χ2v) is 11.8. The molecule has 0 bridgehead atoms. The van der Waals surface area contributed by atoms with Crippen LogP contribution < -0.4 is 15.4 Å². The van der Waals surface area contributed by atoms with Crippen molar-refractivity contribution in [2.75, 3.05) is 45.4 Å². The van der Waals surface area contributed by atoms with Gasteiger partial charge in [-0.2, -0.15) is 13.2 Å². The van der Waals surface area contributed by atoms with E-state index in [1.165, 1.54) is 37.4 Å². The highest BCUT2D eigenvalue weighted by molar-refractivity contribution is 7.90. The fraction of sp³-hybridized carbons (Fsp3) is 0.407. The number of hydrogen-bond donors (Lipinski definition) is 2. The average molecular weight is 578 g/mol. The number of fused-ring (bicyclic) bond motifs is 1. The maximum Gasteiger partial charge on any atom is 0.406 e. The molecule has 0 saturated carbocycles. The number of hydrogen-bond acceptors (Lipinski definition) is 7. The number of anilines is 1. The number of likely N-dealkylation sites (tertiary alicyclic amines) is 1. The van der Waals surface area contributed by atoms with Crippen molar-refractivity contribution in [3.05, 3.63) is 47.8 Å². The molecule has 0 spiro atoms. The molecule has 1 aliphatic heterocycles. The summed E-state index contributed by atoms with van der Waals surface area (Å²) in [7, 11) is -0.0308. The predicted octanol–water partition coefficient (Wildman–Crippen LogP) is 3.30. The third-order valence-corrected chi connectivity index (χ3v) is 7.59. The van der Waals surface area contributed by atoms with Gasteiger partial charge in [0.1, 0.15) is 17.8 Å². The van der Waals surface area contributed by atoms with Gasteiger partial charge in [-0.25, -0.2) is 13.4 Å². The molecule has 0 radical (unpaired) electrons. The number of piperidine rings is 1. The van der Waals surface area contributed by atoms with Crippen molar-refractivity contribution >= 4 is 32.5 Å². The van der Waals surface area contributed by atoms with E-state index in [4.69, 9.17) is 4.74 Å². The molecule has 1 amide bonds. The lowest BCUT2D eigenvalue weighted by Crippen LogP contribution is -2.46. The van der Waals surface area contributed by atoms with Crippen LogP contribution in [0.25, 0.3) is 11.0 Å². The van der Waals surface area contributed by atoms with Crippen molar-refractivity contribution in [3.63, 3.8) is 0 Å². The summed E-state index contributed by atoms with van der Waals surface area (Å²) in [6, 6.07) is 7.29. The Morgan fingerprint density at radius 1 is 1.25 bits per heavy atom. The number of nitrogens with one attached hydrogen (secondary N) is 2. The van der Waals surface area contributed by atoms with Crippen LogP contribution in [0.4, 0.5) is 18.9 Å². The number of carbonyl (C=O) groups is 1. The number of carbonyl (C=O) groups excluding carboxylic acids is 1. The summed E-state index contributed by atoms with van der Waals surface area (Å²) in [5.41, 5.74) is 1.20. The van der Waals surface area contributed by atoms with Crippen LogP contribution >= 0.6 is 0 Å². The summed E-state index contributed by atoms with van der Waals surface area (Å²) in [5.74, 6) is 5.77. The van der Waals surface area contributed by atoms with E-state index in [0.29, 0.717) is 23.5 Å². The molecule has 1 fully saturated rings. The summed E-state index contributed by atoms with van der Waals surface area (Å²) in [5, 5.41) is 5.99. The molecule has 1 aromatic heterocycles. The lowest BCUT2D eigenvalue weighted by Gasteiger charge is -2.30. The Balaban J connectivity index is 1.63. The minimum absolute atomic E-state index is 0.0688. The van der Waals surface area contributed by atoms with Gasteiger partial charge in [-0.15, -0.1) is 0 Å². The molecule has 1 saturated heterocycles. The molecule has 1 aliphatic rings. The van der Waals surface area contributed by atoms with Crippen molar-refractivity contribution in [1.82, 2.24) is 19.8 Å². The van der Waals surface area contributed by atoms with Crippen LogP contribution in [-0.2, 0) is 16.4 Å². The molecule has 0 unspecified atom stereocenters. The molecular weight excluding hydrogens is 547 g/mol. The Bertz CT molecular complexity index is 1570. The van der Waals surface area contributed by atoms with Gasteiger partial charge in [0.2, 0.25) is 0 Å². The Hall–Kier alpha value is -3.76. The van der Waals surface area contributed by atoms with E-state index in [0.717, 1.165) is 36.5 Å². The van der Waals surface area contributed by atoms with Crippen LogP contribution in [0.1, 0.15) is 28.8 Å². The van der Waals surface area contributed by atoms with Gasteiger partial charge in [0.15, 0.2) is 9.84 Å². The number of amides is 1. The second kappa shape index (κ2) is 11.8. The topological polar surface area (TPSA) is 106 Å². The van der Waals surface area contributed by atoms with E-state index >= 15 is 0 Å². The second-order valence-electron chi connectivity index (χ2n) is 9.74. The Morgan fingerprint density at radius 3 is 2.70 bits per heavy atom. The molecule has 2 aromatic carbocycles. The number of rotatable bonds is 7. The third kappa shape index (κ3) is 7.25. The third-order valence-electron chi connectivity index (χ3n) is 6.48. The quantitative estimate of drug-likeness (QED) is 0.415. The van der Waals surface area contributed by atoms with Crippen LogP contribution in [0.2, 0.25) is 0 Å². The van der Waals surface area contributed by atoms with Gasteiger partial charge in [0, 0.05) is 24.4 Å². The Labute approximate surface area is 230 Å². The van der Waals surface area contributed by atoms with Gasteiger partial charge in [-0.05, 0) is 56.8 Å². The Morgan fingerprint density at radius 2 is 2.02 bits per heavy atom. The SMILES string of the molecule is COc1ccc(S(C)(=O)=O)cc1NCC#Cc1cc(C(=O)N[C@H]2CCCN(C)C2)c2ncn(CC(F)(F)F)c2c1. The minimum Gasteiger partial charge on any atom is -0.495 e. The molecule has 4 rings (SSSR count). The van der Waals surface area contributed by atoms with E-state index in [2.05, 4.69) is 32.4 Å². The number of imidazole rings is 1. The maximum absolute atomic E-state index is 13.3. The summed E-state index contributed by atoms with van der Waals surface area (Å²) >= 11 is 0. The van der Waals surface area contributed by atoms with E-state index in [-0.39, 0.29) is 34.1 Å². The van der Waals surface area contributed by atoms with Crippen molar-refractivity contribution in [2.45, 2.75) is 36.5 Å². The lowest BCUT2D eigenvalue weighted by atomic mass is 10.0. The fourth-order valence-corrected chi connectivity index (χ4v) is 5.26. The monoisotopic (exact) mass is 577 g/mol. The van der Waals surface area contributed by atoms with E-state index < -0.39 is 28.5 Å². The first kappa shape index (κ1) is 29.2. The maximum atomic E-state index is 13.3. The zero-order valence-electron chi connectivity index (χ0n) is 22.3. The first-order valence-electron chi connectivity index (χ1n) is 12.5. The smallest absolute Gasteiger partial charge is 0.406 e. The van der Waals surface area contributed by atoms with Crippen LogP contribution in [0, 0.1) is 11.8 Å². The number of likely N-dealkylation sites (N-methyl/N-ethyl adjacent to an activating group) is 1. The predicted molar refractivity (Wildman–Crippen MR) is 145 cm³/mol. The number of nitrogens with zero attached hydrogens (tertiary/aromatic N) is 3. The summed E-state index contributed by atoms with van der Waals surface area (Å²) in [6.45, 7) is 0.417. The van der Waals surface area contributed by atoms with Gasteiger partial charge >= 0.3 is 6.18 Å².